The number of hydrogen-bond donors (Lipinski definition) is 2. The van der Waals surface area contributed by atoms with E-state index in [0.29, 0.717) is 11.4 Å². The fourth-order valence-electron chi connectivity index (χ4n) is 7.13. The molecular weight excluding hydrogens is 629 g/mol. The smallest absolute Gasteiger partial charge is 0.101 e. The minimum Gasteiger partial charge on any atom is -0.396 e. The van der Waals surface area contributed by atoms with Crippen LogP contribution in [0.15, 0.2) is 131 Å². The number of rotatable bonds is 4. The Kier molecular flexibility index (Phi) is 5.82. The Balaban J connectivity index is 1.07. The molecule has 0 saturated heterocycles. The normalized spacial score (nSPS) is 13.3. The van der Waals surface area contributed by atoms with Crippen molar-refractivity contribution in [2.24, 2.45) is 9.98 Å². The molecule has 2 aliphatic heterocycles. The van der Waals surface area contributed by atoms with Crippen molar-refractivity contribution in [3.05, 3.63) is 121 Å². The first-order valence-electron chi connectivity index (χ1n) is 15.6. The molecule has 228 valence electrons. The zero-order valence-corrected chi connectivity index (χ0v) is 27.1. The maximum Gasteiger partial charge on any atom is 0.101 e. The summed E-state index contributed by atoms with van der Waals surface area (Å²) in [5.74, 6) is 0. The molecule has 2 aromatic heterocycles. The SMILES string of the molecule is Nc1c(N)c(-c2ccc(N3C=Nc4cccc5cccc3c45)s2)c2ccccc2c1-c1ccc(N2C=Nc3cccc4cccc2c34)s1. The number of nitrogen functional groups attached to an aromatic ring is 2. The van der Waals surface area contributed by atoms with Crippen molar-refractivity contribution in [1.29, 1.82) is 0 Å². The van der Waals surface area contributed by atoms with E-state index in [9.17, 15) is 0 Å². The van der Waals surface area contributed by atoms with Crippen molar-refractivity contribution in [3.63, 3.8) is 0 Å². The van der Waals surface area contributed by atoms with Crippen molar-refractivity contribution in [2.75, 3.05) is 21.3 Å². The number of hydrogen-bond acceptors (Lipinski definition) is 8. The van der Waals surface area contributed by atoms with Crippen LogP contribution in [0.25, 0.3) is 53.2 Å². The fourth-order valence-corrected chi connectivity index (χ4v) is 9.25. The second-order valence-corrected chi connectivity index (χ2v) is 14.1. The predicted molar refractivity (Wildman–Crippen MR) is 208 cm³/mol. The number of nitrogens with zero attached hydrogens (tertiary/aromatic N) is 4. The van der Waals surface area contributed by atoms with Gasteiger partial charge in [0.15, 0.2) is 0 Å². The van der Waals surface area contributed by atoms with Crippen LogP contribution in [0, 0.1) is 0 Å². The molecule has 4 N–H and O–H groups in total. The highest BCUT2D eigenvalue weighted by atomic mass is 32.1. The van der Waals surface area contributed by atoms with E-state index in [1.807, 2.05) is 12.7 Å². The minimum absolute atomic E-state index is 0.588. The topological polar surface area (TPSA) is 83.2 Å². The van der Waals surface area contributed by atoms with Gasteiger partial charge in [0.2, 0.25) is 0 Å². The maximum absolute atomic E-state index is 7.00. The van der Waals surface area contributed by atoms with Crippen molar-refractivity contribution in [2.45, 2.75) is 0 Å². The highest BCUT2D eigenvalue weighted by Crippen LogP contribution is 2.52. The Morgan fingerprint density at radius 1 is 0.458 bits per heavy atom. The Morgan fingerprint density at radius 3 is 1.35 bits per heavy atom. The summed E-state index contributed by atoms with van der Waals surface area (Å²) in [7, 11) is 0. The standard InChI is InChI=1S/C40H26N6S2/c41-39-37(31-17-19-33(47-31)45-21-43-27-13-3-7-23-9-5-15-29(45)35(23)27)25-11-1-2-12-26(25)38(40(39)42)32-18-20-34(48-32)46-22-44-28-14-4-8-24-10-6-16-30(46)36(24)28/h1-22H,41-42H2. The summed E-state index contributed by atoms with van der Waals surface area (Å²) in [4.78, 5) is 16.0. The molecular formula is C40H26N6S2. The summed E-state index contributed by atoms with van der Waals surface area (Å²) in [6.45, 7) is 0. The molecule has 0 aliphatic carbocycles. The van der Waals surface area contributed by atoms with Gasteiger partial charge in [0.1, 0.15) is 22.7 Å². The van der Waals surface area contributed by atoms with Crippen LogP contribution in [0.4, 0.5) is 44.1 Å². The molecule has 2 aliphatic rings. The Bertz CT molecular complexity index is 2490. The van der Waals surface area contributed by atoms with Gasteiger partial charge in [-0.3, -0.25) is 9.80 Å². The number of aliphatic imine (C=N–C) groups is 2. The van der Waals surface area contributed by atoms with Crippen molar-refractivity contribution >= 4 is 112 Å². The first-order chi connectivity index (χ1) is 23.6. The van der Waals surface area contributed by atoms with Gasteiger partial charge in [0.25, 0.3) is 0 Å². The van der Waals surface area contributed by atoms with E-state index in [1.165, 1.54) is 10.8 Å². The first-order valence-corrected chi connectivity index (χ1v) is 17.3. The lowest BCUT2D eigenvalue weighted by atomic mass is 9.94. The zero-order valence-electron chi connectivity index (χ0n) is 25.5. The zero-order chi connectivity index (χ0) is 31.9. The van der Waals surface area contributed by atoms with Gasteiger partial charge < -0.3 is 11.5 Å². The van der Waals surface area contributed by atoms with Crippen molar-refractivity contribution in [3.8, 4) is 20.9 Å². The average molecular weight is 655 g/mol. The molecule has 0 saturated carbocycles. The quantitative estimate of drug-likeness (QED) is 0.185. The molecule has 0 spiro atoms. The van der Waals surface area contributed by atoms with E-state index in [1.54, 1.807) is 22.7 Å². The van der Waals surface area contributed by atoms with E-state index in [0.717, 1.165) is 75.2 Å². The summed E-state index contributed by atoms with van der Waals surface area (Å²) >= 11 is 3.37. The second-order valence-electron chi connectivity index (χ2n) is 11.9. The van der Waals surface area contributed by atoms with Gasteiger partial charge >= 0.3 is 0 Å². The summed E-state index contributed by atoms with van der Waals surface area (Å²) in [6.07, 6.45) is 3.82. The predicted octanol–water partition coefficient (Wildman–Crippen LogP) is 11.4. The van der Waals surface area contributed by atoms with Gasteiger partial charge in [-0.05, 0) is 70.1 Å². The van der Waals surface area contributed by atoms with Gasteiger partial charge in [-0.15, -0.1) is 22.7 Å². The van der Waals surface area contributed by atoms with Crippen LogP contribution in [0.3, 0.4) is 0 Å². The molecule has 4 heterocycles. The van der Waals surface area contributed by atoms with E-state index < -0.39 is 0 Å². The van der Waals surface area contributed by atoms with Gasteiger partial charge in [0, 0.05) is 31.7 Å². The van der Waals surface area contributed by atoms with Gasteiger partial charge in [-0.25, -0.2) is 9.98 Å². The van der Waals surface area contributed by atoms with Crippen molar-refractivity contribution < 1.29 is 0 Å². The van der Waals surface area contributed by atoms with E-state index in [2.05, 4.69) is 131 Å². The third-order valence-electron chi connectivity index (χ3n) is 9.31. The third-order valence-corrected chi connectivity index (χ3v) is 11.5. The Hall–Kier alpha value is -5.96. The van der Waals surface area contributed by atoms with Crippen LogP contribution in [0.2, 0.25) is 0 Å². The van der Waals surface area contributed by atoms with E-state index >= 15 is 0 Å². The highest BCUT2D eigenvalue weighted by molar-refractivity contribution is 7.20. The lowest BCUT2D eigenvalue weighted by Gasteiger charge is -2.24. The van der Waals surface area contributed by atoms with Crippen LogP contribution in [0.5, 0.6) is 0 Å². The molecule has 6 nitrogen and oxygen atoms in total. The number of fused-ring (bicyclic) bond motifs is 1. The molecule has 0 unspecified atom stereocenters. The van der Waals surface area contributed by atoms with Gasteiger partial charge in [0.05, 0.1) is 34.1 Å². The number of thiophene rings is 2. The van der Waals surface area contributed by atoms with Crippen LogP contribution in [-0.4, -0.2) is 12.7 Å². The lowest BCUT2D eigenvalue weighted by Crippen LogP contribution is -2.15. The van der Waals surface area contributed by atoms with Crippen LogP contribution >= 0.6 is 22.7 Å². The molecule has 8 aromatic rings. The minimum atomic E-state index is 0.588. The highest BCUT2D eigenvalue weighted by Gasteiger charge is 2.24. The summed E-state index contributed by atoms with van der Waals surface area (Å²) in [5.41, 5.74) is 21.3. The van der Waals surface area contributed by atoms with Crippen LogP contribution in [0.1, 0.15) is 0 Å². The molecule has 0 atom stereocenters. The summed E-state index contributed by atoms with van der Waals surface area (Å²) in [6, 6.07) is 42.2. The molecule has 0 bridgehead atoms. The number of nitrogens with two attached hydrogens (primary N) is 2. The molecule has 10 rings (SSSR count). The number of anilines is 6. The largest absolute Gasteiger partial charge is 0.396 e. The van der Waals surface area contributed by atoms with E-state index in [-0.39, 0.29) is 0 Å². The summed E-state index contributed by atoms with van der Waals surface area (Å²) < 4.78 is 0. The monoisotopic (exact) mass is 654 g/mol. The lowest BCUT2D eigenvalue weighted by molar-refractivity contribution is 1.38. The average Bonchev–Trinajstić information content (AvgIpc) is 3.81. The van der Waals surface area contributed by atoms with Gasteiger partial charge in [-0.1, -0.05) is 72.8 Å². The molecule has 8 heteroatoms. The number of benzene rings is 6. The third kappa shape index (κ3) is 3.90. The van der Waals surface area contributed by atoms with Gasteiger partial charge in [-0.2, -0.15) is 0 Å². The molecule has 48 heavy (non-hydrogen) atoms. The first kappa shape index (κ1) is 27.2. The molecule has 0 amide bonds. The van der Waals surface area contributed by atoms with Crippen LogP contribution < -0.4 is 21.3 Å². The fraction of sp³-hybridized carbons (Fsp3) is 0. The van der Waals surface area contributed by atoms with Crippen LogP contribution in [-0.2, 0) is 0 Å². The second kappa shape index (κ2) is 10.3. The molecule has 0 radical (unpaired) electrons. The Labute approximate surface area is 284 Å². The molecule has 6 aromatic carbocycles. The maximum atomic E-state index is 7.00. The van der Waals surface area contributed by atoms with Crippen molar-refractivity contribution in [1.82, 2.24) is 0 Å². The summed E-state index contributed by atoms with van der Waals surface area (Å²) in [5, 5.41) is 8.92. The Morgan fingerprint density at radius 2 is 0.896 bits per heavy atom. The van der Waals surface area contributed by atoms with E-state index in [4.69, 9.17) is 21.5 Å². The molecule has 0 fully saturated rings.